The summed E-state index contributed by atoms with van der Waals surface area (Å²) >= 11 is 1.23. The third-order valence-electron chi connectivity index (χ3n) is 2.56. The number of nitrogens with one attached hydrogen (secondary N) is 1. The van der Waals surface area contributed by atoms with Crippen LogP contribution in [0.1, 0.15) is 10.6 Å². The zero-order chi connectivity index (χ0) is 15.7. The van der Waals surface area contributed by atoms with E-state index < -0.39 is 26.9 Å². The van der Waals surface area contributed by atoms with Crippen molar-refractivity contribution in [3.63, 3.8) is 0 Å². The molecule has 0 aliphatic heterocycles. The number of aromatic nitrogens is 3. The number of halogens is 3. The Morgan fingerprint density at radius 2 is 2.14 bits per heavy atom. The molecule has 0 aliphatic rings. The van der Waals surface area contributed by atoms with Crippen molar-refractivity contribution in [2.75, 3.05) is 6.54 Å². The number of alkyl halides is 3. The van der Waals surface area contributed by atoms with Gasteiger partial charge in [0, 0.05) is 30.7 Å². The Kier molecular flexibility index (Phi) is 4.35. The number of sulfonamides is 1. The first-order valence-electron chi connectivity index (χ1n) is 5.70. The normalized spacial score (nSPS) is 12.8. The average molecular weight is 340 g/mol. The van der Waals surface area contributed by atoms with Gasteiger partial charge in [0.05, 0.1) is 0 Å². The first kappa shape index (κ1) is 15.9. The predicted octanol–water partition coefficient (Wildman–Crippen LogP) is 1.42. The van der Waals surface area contributed by atoms with Crippen molar-refractivity contribution >= 4 is 21.6 Å². The second-order valence-electron chi connectivity index (χ2n) is 4.12. The van der Waals surface area contributed by atoms with E-state index in [0.717, 1.165) is 11.9 Å². The summed E-state index contributed by atoms with van der Waals surface area (Å²) in [5.41, 5.74) is -1.24. The van der Waals surface area contributed by atoms with Crippen LogP contribution in [0.3, 0.4) is 0 Å². The lowest BCUT2D eigenvalue weighted by atomic mass is 10.4. The fourth-order valence-corrected chi connectivity index (χ4v) is 3.34. The highest BCUT2D eigenvalue weighted by Gasteiger charge is 2.36. The number of hydrogen-bond acceptors (Lipinski definition) is 5. The van der Waals surface area contributed by atoms with E-state index in [0.29, 0.717) is 17.2 Å². The molecular weight excluding hydrogens is 329 g/mol. The molecule has 2 heterocycles. The van der Waals surface area contributed by atoms with E-state index in [1.165, 1.54) is 11.5 Å². The summed E-state index contributed by atoms with van der Waals surface area (Å²) in [6, 6.07) is 2.25. The van der Waals surface area contributed by atoms with Crippen LogP contribution in [0, 0.1) is 0 Å². The average Bonchev–Trinajstić information content (AvgIpc) is 2.97. The van der Waals surface area contributed by atoms with E-state index in [2.05, 4.69) is 14.2 Å². The van der Waals surface area contributed by atoms with Crippen molar-refractivity contribution in [3.8, 4) is 0 Å². The molecule has 6 nitrogen and oxygen atoms in total. The Morgan fingerprint density at radius 1 is 1.43 bits per heavy atom. The van der Waals surface area contributed by atoms with E-state index in [-0.39, 0.29) is 6.54 Å². The lowest BCUT2D eigenvalue weighted by Crippen LogP contribution is -2.27. The number of aryl methyl sites for hydroxylation is 1. The maximum atomic E-state index is 12.5. The van der Waals surface area contributed by atoms with Crippen LogP contribution >= 0.6 is 11.5 Å². The number of rotatable bonds is 5. The minimum absolute atomic E-state index is 0.0665. The quantitative estimate of drug-likeness (QED) is 0.893. The van der Waals surface area contributed by atoms with Crippen molar-refractivity contribution in [1.29, 1.82) is 0 Å². The molecule has 2 rings (SSSR count). The van der Waals surface area contributed by atoms with Crippen molar-refractivity contribution in [2.24, 2.45) is 7.05 Å². The maximum Gasteiger partial charge on any atom is 0.435 e. The zero-order valence-electron chi connectivity index (χ0n) is 10.8. The molecule has 2 aromatic heterocycles. The van der Waals surface area contributed by atoms with E-state index >= 15 is 0 Å². The lowest BCUT2D eigenvalue weighted by Gasteiger charge is -2.05. The van der Waals surface area contributed by atoms with Crippen LogP contribution in [0.2, 0.25) is 0 Å². The van der Waals surface area contributed by atoms with Gasteiger partial charge in [0.1, 0.15) is 0 Å². The molecule has 0 radical (unpaired) electrons. The fourth-order valence-electron chi connectivity index (χ4n) is 1.59. The molecule has 0 amide bonds. The Balaban J connectivity index is 2.10. The van der Waals surface area contributed by atoms with Gasteiger partial charge in [-0.15, -0.1) is 0 Å². The summed E-state index contributed by atoms with van der Waals surface area (Å²) in [5, 5.41) is 2.64. The standard InChI is InChI=1S/C10H11F3N4O2S2/c1-17-9(6-8(16-17)10(11,12)13)21(18,19)15-5-3-7-2-4-14-20-7/h2,4,6,15H,3,5H2,1H3. The van der Waals surface area contributed by atoms with Gasteiger partial charge >= 0.3 is 6.18 Å². The summed E-state index contributed by atoms with van der Waals surface area (Å²) in [5.74, 6) is 0. The molecule has 2 aromatic rings. The third-order valence-corrected chi connectivity index (χ3v) is 4.88. The van der Waals surface area contributed by atoms with Crippen molar-refractivity contribution in [3.05, 3.63) is 28.9 Å². The van der Waals surface area contributed by atoms with Gasteiger partial charge in [0.25, 0.3) is 10.0 Å². The monoisotopic (exact) mass is 340 g/mol. The molecule has 21 heavy (non-hydrogen) atoms. The SMILES string of the molecule is Cn1nc(C(F)(F)F)cc1S(=O)(=O)NCCc1ccns1. The summed E-state index contributed by atoms with van der Waals surface area (Å²) in [7, 11) is -2.90. The van der Waals surface area contributed by atoms with Crippen LogP contribution in [0.4, 0.5) is 13.2 Å². The molecule has 0 atom stereocenters. The van der Waals surface area contributed by atoms with Crippen LogP contribution < -0.4 is 4.72 Å². The Morgan fingerprint density at radius 3 is 2.67 bits per heavy atom. The molecule has 0 fully saturated rings. The lowest BCUT2D eigenvalue weighted by molar-refractivity contribution is -0.141. The maximum absolute atomic E-state index is 12.5. The van der Waals surface area contributed by atoms with E-state index in [9.17, 15) is 21.6 Å². The molecule has 0 saturated heterocycles. The van der Waals surface area contributed by atoms with Crippen molar-refractivity contribution in [2.45, 2.75) is 17.6 Å². The summed E-state index contributed by atoms with van der Waals surface area (Å²) < 4.78 is 68.3. The van der Waals surface area contributed by atoms with Crippen LogP contribution in [0.15, 0.2) is 23.4 Å². The molecule has 0 unspecified atom stereocenters. The molecule has 0 saturated carbocycles. The highest BCUT2D eigenvalue weighted by Crippen LogP contribution is 2.29. The second kappa shape index (κ2) is 5.73. The molecule has 11 heteroatoms. The minimum Gasteiger partial charge on any atom is -0.255 e. The van der Waals surface area contributed by atoms with E-state index in [1.54, 1.807) is 12.3 Å². The van der Waals surface area contributed by atoms with Crippen LogP contribution in [0.5, 0.6) is 0 Å². The summed E-state index contributed by atoms with van der Waals surface area (Å²) in [6.45, 7) is 0.0665. The van der Waals surface area contributed by atoms with E-state index in [1.807, 2.05) is 0 Å². The number of hydrogen-bond donors (Lipinski definition) is 1. The highest BCUT2D eigenvalue weighted by atomic mass is 32.2. The van der Waals surface area contributed by atoms with Crippen LogP contribution in [0.25, 0.3) is 0 Å². The Hall–Kier alpha value is -1.46. The molecule has 116 valence electrons. The van der Waals surface area contributed by atoms with Gasteiger partial charge in [-0.3, -0.25) is 4.68 Å². The Labute approximate surface area is 122 Å². The van der Waals surface area contributed by atoms with E-state index in [4.69, 9.17) is 0 Å². The summed E-state index contributed by atoms with van der Waals surface area (Å²) in [6.07, 6.45) is -2.69. The number of nitrogens with zero attached hydrogens (tertiary/aromatic N) is 3. The van der Waals surface area contributed by atoms with Crippen LogP contribution in [-0.4, -0.2) is 29.1 Å². The van der Waals surface area contributed by atoms with Crippen molar-refractivity contribution < 1.29 is 21.6 Å². The second-order valence-corrected chi connectivity index (χ2v) is 6.75. The zero-order valence-corrected chi connectivity index (χ0v) is 12.4. The Bertz CT molecular complexity index is 707. The molecular formula is C10H11F3N4O2S2. The predicted molar refractivity (Wildman–Crippen MR) is 69.2 cm³/mol. The largest absolute Gasteiger partial charge is 0.435 e. The smallest absolute Gasteiger partial charge is 0.255 e. The third kappa shape index (κ3) is 3.80. The molecule has 0 bridgehead atoms. The van der Waals surface area contributed by atoms with Gasteiger partial charge in [-0.1, -0.05) is 0 Å². The molecule has 0 aliphatic carbocycles. The van der Waals surface area contributed by atoms with Crippen LogP contribution in [-0.2, 0) is 29.7 Å². The highest BCUT2D eigenvalue weighted by molar-refractivity contribution is 7.89. The van der Waals surface area contributed by atoms with Gasteiger partial charge in [-0.05, 0) is 24.0 Å². The van der Waals surface area contributed by atoms with Gasteiger partial charge in [0.15, 0.2) is 10.7 Å². The van der Waals surface area contributed by atoms with Crippen molar-refractivity contribution in [1.82, 2.24) is 18.9 Å². The molecule has 0 aromatic carbocycles. The van der Waals surface area contributed by atoms with Gasteiger partial charge < -0.3 is 0 Å². The first-order chi connectivity index (χ1) is 9.70. The van der Waals surface area contributed by atoms with Gasteiger partial charge in [0.2, 0.25) is 0 Å². The fraction of sp³-hybridized carbons (Fsp3) is 0.400. The van der Waals surface area contributed by atoms with Gasteiger partial charge in [-0.25, -0.2) is 17.5 Å². The van der Waals surface area contributed by atoms with Gasteiger partial charge in [-0.2, -0.15) is 18.3 Å². The summed E-state index contributed by atoms with van der Waals surface area (Å²) in [4.78, 5) is 0.874. The first-order valence-corrected chi connectivity index (χ1v) is 7.96. The molecule has 1 N–H and O–H groups in total. The molecule has 0 spiro atoms. The minimum atomic E-state index is -4.69. The topological polar surface area (TPSA) is 76.9 Å².